The summed E-state index contributed by atoms with van der Waals surface area (Å²) in [5.74, 6) is -1.05. The number of aliphatic hydroxyl groups excluding tert-OH is 2. The first-order chi connectivity index (χ1) is 15.7. The second kappa shape index (κ2) is 11.2. The van der Waals surface area contributed by atoms with Crippen LogP contribution in [0.3, 0.4) is 0 Å². The van der Waals surface area contributed by atoms with E-state index in [1.54, 1.807) is 6.07 Å². The molecule has 1 aromatic rings. The summed E-state index contributed by atoms with van der Waals surface area (Å²) in [6.07, 6.45) is -0.909. The first kappa shape index (κ1) is 26.7. The molecule has 190 valence electrons. The van der Waals surface area contributed by atoms with Crippen LogP contribution in [-0.2, 0) is 9.59 Å². The fourth-order valence-electron chi connectivity index (χ4n) is 5.19. The number of halogens is 2. The number of fused-ring (bicyclic) bond motifs is 1. The van der Waals surface area contributed by atoms with Crippen molar-refractivity contribution in [3.05, 3.63) is 24.0 Å². The Kier molecular flexibility index (Phi) is 8.78. The van der Waals surface area contributed by atoms with E-state index in [4.69, 9.17) is 4.74 Å². The Bertz CT molecular complexity index is 852. The molecule has 3 fully saturated rings. The number of rotatable bonds is 7. The third-order valence-electron chi connectivity index (χ3n) is 6.94. The SMILES string of the molecule is CC(C)Oc1ccc(F)cc1N1CCN(CCCN2C(=O)C3CC(O)C(O)CC3C2=O)CC1.Cl. The molecule has 2 N–H and O–H groups in total. The van der Waals surface area contributed by atoms with E-state index in [0.29, 0.717) is 18.7 Å². The molecule has 0 spiro atoms. The van der Waals surface area contributed by atoms with Crippen LogP contribution >= 0.6 is 12.4 Å². The molecular weight excluding hydrogens is 465 g/mol. The van der Waals surface area contributed by atoms with Gasteiger partial charge in [-0.1, -0.05) is 0 Å². The summed E-state index contributed by atoms with van der Waals surface area (Å²) >= 11 is 0. The molecule has 1 aromatic carbocycles. The molecule has 4 rings (SSSR count). The van der Waals surface area contributed by atoms with E-state index in [2.05, 4.69) is 9.80 Å². The minimum atomic E-state index is -0.941. The van der Waals surface area contributed by atoms with Crippen molar-refractivity contribution in [2.45, 2.75) is 51.4 Å². The van der Waals surface area contributed by atoms with E-state index in [9.17, 15) is 24.2 Å². The van der Waals surface area contributed by atoms with Crippen LogP contribution in [0.4, 0.5) is 10.1 Å². The Morgan fingerprint density at radius 2 is 1.59 bits per heavy atom. The van der Waals surface area contributed by atoms with Gasteiger partial charge in [-0.25, -0.2) is 4.39 Å². The highest BCUT2D eigenvalue weighted by molar-refractivity contribution is 6.05. The van der Waals surface area contributed by atoms with Crippen molar-refractivity contribution in [3.8, 4) is 5.75 Å². The van der Waals surface area contributed by atoms with Crippen LogP contribution in [0.25, 0.3) is 0 Å². The number of imide groups is 1. The molecule has 8 nitrogen and oxygen atoms in total. The van der Waals surface area contributed by atoms with Crippen molar-refractivity contribution in [1.82, 2.24) is 9.80 Å². The molecule has 2 saturated heterocycles. The third kappa shape index (κ3) is 5.64. The van der Waals surface area contributed by atoms with Gasteiger partial charge in [0.1, 0.15) is 11.6 Å². The van der Waals surface area contributed by atoms with Gasteiger partial charge in [0.2, 0.25) is 11.8 Å². The zero-order valence-corrected chi connectivity index (χ0v) is 20.5. The molecule has 0 aromatic heterocycles. The number of ether oxygens (including phenoxy) is 1. The second-order valence-corrected chi connectivity index (χ2v) is 9.61. The summed E-state index contributed by atoms with van der Waals surface area (Å²) in [6, 6.07) is 4.61. The van der Waals surface area contributed by atoms with Crippen molar-refractivity contribution in [2.24, 2.45) is 11.8 Å². The number of hydrogen-bond donors (Lipinski definition) is 2. The quantitative estimate of drug-likeness (QED) is 0.551. The summed E-state index contributed by atoms with van der Waals surface area (Å²) in [6.45, 7) is 8.06. The molecule has 0 radical (unpaired) electrons. The lowest BCUT2D eigenvalue weighted by molar-refractivity contribution is -0.140. The van der Waals surface area contributed by atoms with Gasteiger partial charge in [-0.3, -0.25) is 19.4 Å². The zero-order chi connectivity index (χ0) is 23.7. The standard InChI is InChI=1S/C24H34FN3O5.ClH/c1-15(2)33-22-5-4-16(25)12-19(22)27-10-8-26(9-11-27)6-3-7-28-23(31)17-13-20(29)21(30)14-18(17)24(28)32;/h4-5,12,15,17-18,20-21,29-30H,3,6-11,13-14H2,1-2H3;1H. The van der Waals surface area contributed by atoms with Crippen LogP contribution in [0.2, 0.25) is 0 Å². The Morgan fingerprint density at radius 1 is 1.00 bits per heavy atom. The van der Waals surface area contributed by atoms with Crippen molar-refractivity contribution in [1.29, 1.82) is 0 Å². The Labute approximate surface area is 206 Å². The molecule has 10 heteroatoms. The summed E-state index contributed by atoms with van der Waals surface area (Å²) in [5.41, 5.74) is 0.767. The lowest BCUT2D eigenvalue weighted by Gasteiger charge is -2.37. The molecule has 2 heterocycles. The van der Waals surface area contributed by atoms with Gasteiger partial charge in [0, 0.05) is 38.8 Å². The summed E-state index contributed by atoms with van der Waals surface area (Å²) in [5, 5.41) is 19.7. The average Bonchev–Trinajstić information content (AvgIpc) is 3.00. The van der Waals surface area contributed by atoms with Crippen LogP contribution in [0, 0.1) is 17.7 Å². The van der Waals surface area contributed by atoms with Crippen molar-refractivity contribution < 1.29 is 28.9 Å². The van der Waals surface area contributed by atoms with Gasteiger partial charge in [0.05, 0.1) is 35.8 Å². The fourth-order valence-corrected chi connectivity index (χ4v) is 5.19. The van der Waals surface area contributed by atoms with E-state index >= 15 is 0 Å². The Morgan fingerprint density at radius 3 is 2.15 bits per heavy atom. The predicted molar refractivity (Wildman–Crippen MR) is 128 cm³/mol. The minimum absolute atomic E-state index is 0. The fraction of sp³-hybridized carbons (Fsp3) is 0.667. The number of benzene rings is 1. The van der Waals surface area contributed by atoms with Gasteiger partial charge in [0.15, 0.2) is 0 Å². The summed E-state index contributed by atoms with van der Waals surface area (Å²) in [4.78, 5) is 31.1. The van der Waals surface area contributed by atoms with E-state index in [0.717, 1.165) is 38.4 Å². The van der Waals surface area contributed by atoms with Crippen molar-refractivity contribution in [2.75, 3.05) is 44.2 Å². The molecule has 34 heavy (non-hydrogen) atoms. The second-order valence-electron chi connectivity index (χ2n) is 9.61. The highest BCUT2D eigenvalue weighted by atomic mass is 35.5. The van der Waals surface area contributed by atoms with Crippen molar-refractivity contribution in [3.63, 3.8) is 0 Å². The normalized spacial score (nSPS) is 27.7. The van der Waals surface area contributed by atoms with Gasteiger partial charge in [-0.15, -0.1) is 12.4 Å². The van der Waals surface area contributed by atoms with Crippen LogP contribution in [0.1, 0.15) is 33.1 Å². The monoisotopic (exact) mass is 499 g/mol. The number of nitrogens with zero attached hydrogens (tertiary/aromatic N) is 3. The average molecular weight is 500 g/mol. The maximum atomic E-state index is 13.9. The lowest BCUT2D eigenvalue weighted by Crippen LogP contribution is -2.47. The highest BCUT2D eigenvalue weighted by Gasteiger charge is 2.51. The van der Waals surface area contributed by atoms with Gasteiger partial charge >= 0.3 is 0 Å². The number of hydrogen-bond acceptors (Lipinski definition) is 7. The molecule has 1 saturated carbocycles. The lowest BCUT2D eigenvalue weighted by atomic mass is 9.78. The number of likely N-dealkylation sites (tertiary alicyclic amines) is 1. The van der Waals surface area contributed by atoms with Gasteiger partial charge in [-0.2, -0.15) is 0 Å². The van der Waals surface area contributed by atoms with E-state index in [-0.39, 0.29) is 49.0 Å². The minimum Gasteiger partial charge on any atom is -0.489 e. The number of carbonyl (C=O) groups excluding carboxylic acids is 2. The molecular formula is C24H35ClFN3O5. The predicted octanol–water partition coefficient (Wildman–Crippen LogP) is 1.66. The topological polar surface area (TPSA) is 93.6 Å². The summed E-state index contributed by atoms with van der Waals surface area (Å²) < 4.78 is 19.7. The highest BCUT2D eigenvalue weighted by Crippen LogP contribution is 2.38. The van der Waals surface area contributed by atoms with Crippen LogP contribution in [0.15, 0.2) is 18.2 Å². The number of amides is 2. The first-order valence-electron chi connectivity index (χ1n) is 11.9. The molecule has 2 amide bonds. The largest absolute Gasteiger partial charge is 0.489 e. The number of aliphatic hydroxyl groups is 2. The Balaban J connectivity index is 0.00000324. The first-order valence-corrected chi connectivity index (χ1v) is 11.9. The Hall–Kier alpha value is -1.94. The summed E-state index contributed by atoms with van der Waals surface area (Å²) in [7, 11) is 0. The van der Waals surface area contributed by atoms with Gasteiger partial charge < -0.3 is 19.8 Å². The van der Waals surface area contributed by atoms with E-state index in [1.165, 1.54) is 17.0 Å². The maximum absolute atomic E-state index is 13.9. The van der Waals surface area contributed by atoms with Crippen molar-refractivity contribution >= 4 is 29.9 Å². The van der Waals surface area contributed by atoms with Crippen LogP contribution < -0.4 is 9.64 Å². The number of anilines is 1. The zero-order valence-electron chi connectivity index (χ0n) is 19.7. The van der Waals surface area contributed by atoms with E-state index < -0.39 is 24.0 Å². The third-order valence-corrected chi connectivity index (χ3v) is 6.94. The maximum Gasteiger partial charge on any atom is 0.233 e. The molecule has 0 bridgehead atoms. The van der Waals surface area contributed by atoms with Gasteiger partial charge in [0.25, 0.3) is 0 Å². The molecule has 1 aliphatic carbocycles. The number of piperazine rings is 1. The number of carbonyl (C=O) groups is 2. The molecule has 2 aliphatic heterocycles. The smallest absolute Gasteiger partial charge is 0.233 e. The van der Waals surface area contributed by atoms with Crippen LogP contribution in [-0.4, -0.2) is 89.4 Å². The van der Waals surface area contributed by atoms with E-state index in [1.807, 2.05) is 13.8 Å². The van der Waals surface area contributed by atoms with Gasteiger partial charge in [-0.05, 0) is 51.8 Å². The molecule has 4 atom stereocenters. The van der Waals surface area contributed by atoms with Crippen LogP contribution in [0.5, 0.6) is 5.75 Å². The molecule has 4 unspecified atom stereocenters. The molecule has 3 aliphatic rings.